The van der Waals surface area contributed by atoms with Gasteiger partial charge in [0.25, 0.3) is 0 Å². The number of carbonyl (C=O) groups is 1. The number of hydrogen-bond acceptors (Lipinski definition) is 3. The number of aromatic amines is 2. The molecule has 0 bridgehead atoms. The molecule has 0 aliphatic carbocycles. The molecule has 0 aliphatic heterocycles. The van der Waals surface area contributed by atoms with Crippen LogP contribution in [0.5, 0.6) is 0 Å². The molecule has 0 spiro atoms. The Morgan fingerprint density at radius 2 is 1.70 bits per heavy atom. The van der Waals surface area contributed by atoms with E-state index in [0.29, 0.717) is 11.3 Å². The lowest BCUT2D eigenvalue weighted by atomic mass is 10.0. The van der Waals surface area contributed by atoms with E-state index in [4.69, 9.17) is 0 Å². The van der Waals surface area contributed by atoms with Crippen molar-refractivity contribution in [2.24, 2.45) is 5.92 Å². The zero-order valence-corrected chi connectivity index (χ0v) is 20.3. The summed E-state index contributed by atoms with van der Waals surface area (Å²) >= 11 is 0. The second kappa shape index (κ2) is 9.02. The summed E-state index contributed by atoms with van der Waals surface area (Å²) in [5, 5.41) is 12.5. The van der Waals surface area contributed by atoms with Crippen LogP contribution in [0.2, 0.25) is 0 Å². The minimum atomic E-state index is -0.256. The Labute approximate surface area is 212 Å². The first-order valence-electron chi connectivity index (χ1n) is 12.1. The molecule has 3 heterocycles. The molecular weight excluding hydrogens is 465 g/mol. The molecule has 6 nitrogen and oxygen atoms in total. The minimum absolute atomic E-state index is 0.0555. The highest BCUT2D eigenvalue weighted by Crippen LogP contribution is 2.36. The summed E-state index contributed by atoms with van der Waals surface area (Å²) in [7, 11) is 0. The van der Waals surface area contributed by atoms with Gasteiger partial charge in [0.2, 0.25) is 5.91 Å². The van der Waals surface area contributed by atoms with Crippen LogP contribution in [-0.4, -0.2) is 26.1 Å². The second-order valence-electron chi connectivity index (χ2n) is 9.37. The third-order valence-corrected chi connectivity index (χ3v) is 6.51. The number of amides is 1. The predicted octanol–water partition coefficient (Wildman–Crippen LogP) is 7.17. The first kappa shape index (κ1) is 22.7. The zero-order chi connectivity index (χ0) is 25.5. The molecule has 6 rings (SSSR count). The van der Waals surface area contributed by atoms with Gasteiger partial charge in [-0.25, -0.2) is 4.39 Å². The molecule has 37 heavy (non-hydrogen) atoms. The Balaban J connectivity index is 1.42. The van der Waals surface area contributed by atoms with Gasteiger partial charge in [0, 0.05) is 39.5 Å². The van der Waals surface area contributed by atoms with Gasteiger partial charge in [-0.1, -0.05) is 50.2 Å². The van der Waals surface area contributed by atoms with E-state index < -0.39 is 0 Å². The van der Waals surface area contributed by atoms with E-state index in [1.54, 1.807) is 24.5 Å². The van der Waals surface area contributed by atoms with Crippen LogP contribution < -0.4 is 5.32 Å². The van der Waals surface area contributed by atoms with Crippen molar-refractivity contribution in [2.45, 2.75) is 13.8 Å². The third kappa shape index (κ3) is 4.14. The van der Waals surface area contributed by atoms with Crippen LogP contribution >= 0.6 is 0 Å². The van der Waals surface area contributed by atoms with Gasteiger partial charge in [0.15, 0.2) is 0 Å². The second-order valence-corrected chi connectivity index (χ2v) is 9.37. The van der Waals surface area contributed by atoms with Crippen molar-refractivity contribution in [3.63, 3.8) is 0 Å². The Morgan fingerprint density at radius 1 is 0.865 bits per heavy atom. The highest BCUT2D eigenvalue weighted by molar-refractivity contribution is 6.02. The van der Waals surface area contributed by atoms with E-state index in [-0.39, 0.29) is 17.6 Å². The molecule has 0 saturated carbocycles. The van der Waals surface area contributed by atoms with Crippen LogP contribution in [0.1, 0.15) is 13.8 Å². The van der Waals surface area contributed by atoms with E-state index in [2.05, 4.69) is 31.5 Å². The lowest BCUT2D eigenvalue weighted by Gasteiger charge is -2.09. The van der Waals surface area contributed by atoms with Crippen molar-refractivity contribution in [2.75, 3.05) is 5.32 Å². The molecule has 3 aromatic heterocycles. The molecule has 0 fully saturated rings. The smallest absolute Gasteiger partial charge is 0.226 e. The average molecular weight is 490 g/mol. The summed E-state index contributed by atoms with van der Waals surface area (Å²) in [5.74, 6) is -0.433. The number of nitrogens with zero attached hydrogens (tertiary/aromatic N) is 2. The number of nitrogens with one attached hydrogen (secondary N) is 3. The van der Waals surface area contributed by atoms with E-state index in [1.165, 1.54) is 6.07 Å². The lowest BCUT2D eigenvalue weighted by molar-refractivity contribution is -0.118. The molecule has 182 valence electrons. The van der Waals surface area contributed by atoms with Gasteiger partial charge in [0.05, 0.1) is 23.1 Å². The van der Waals surface area contributed by atoms with Crippen molar-refractivity contribution < 1.29 is 9.18 Å². The quantitative estimate of drug-likeness (QED) is 0.240. The monoisotopic (exact) mass is 489 g/mol. The highest BCUT2D eigenvalue weighted by atomic mass is 19.1. The molecule has 0 atom stereocenters. The number of aromatic nitrogens is 4. The largest absolute Gasteiger partial charge is 0.353 e. The van der Waals surface area contributed by atoms with Gasteiger partial charge >= 0.3 is 0 Å². The topological polar surface area (TPSA) is 86.5 Å². The normalized spacial score (nSPS) is 11.5. The number of H-pyrrole nitrogens is 2. The van der Waals surface area contributed by atoms with Crippen LogP contribution in [0, 0.1) is 11.7 Å². The number of anilines is 1. The van der Waals surface area contributed by atoms with Crippen molar-refractivity contribution in [3.05, 3.63) is 91.0 Å². The number of halogens is 1. The van der Waals surface area contributed by atoms with E-state index in [9.17, 15) is 9.18 Å². The Bertz CT molecular complexity index is 1780. The van der Waals surface area contributed by atoms with Crippen molar-refractivity contribution in [1.82, 2.24) is 20.2 Å². The fourth-order valence-corrected chi connectivity index (χ4v) is 4.55. The molecule has 6 aromatic rings. The first-order valence-corrected chi connectivity index (χ1v) is 12.1. The maximum absolute atomic E-state index is 14.6. The lowest BCUT2D eigenvalue weighted by Crippen LogP contribution is -2.17. The van der Waals surface area contributed by atoms with Crippen LogP contribution in [-0.2, 0) is 4.79 Å². The number of rotatable bonds is 5. The zero-order valence-electron chi connectivity index (χ0n) is 20.3. The highest BCUT2D eigenvalue weighted by Gasteiger charge is 2.16. The van der Waals surface area contributed by atoms with Crippen LogP contribution in [0.4, 0.5) is 10.1 Å². The van der Waals surface area contributed by atoms with Crippen molar-refractivity contribution in [1.29, 1.82) is 0 Å². The Kier molecular flexibility index (Phi) is 5.53. The molecule has 0 radical (unpaired) electrons. The number of carbonyl (C=O) groups excluding carboxylic acids is 1. The summed E-state index contributed by atoms with van der Waals surface area (Å²) in [5.41, 5.74) is 7.27. The van der Waals surface area contributed by atoms with Crippen LogP contribution in [0.3, 0.4) is 0 Å². The van der Waals surface area contributed by atoms with Gasteiger partial charge in [-0.3, -0.25) is 14.9 Å². The van der Waals surface area contributed by atoms with Gasteiger partial charge in [0.1, 0.15) is 11.5 Å². The molecule has 1 amide bonds. The molecule has 0 aliphatic rings. The maximum Gasteiger partial charge on any atom is 0.226 e. The molecule has 3 aromatic carbocycles. The number of pyridine rings is 1. The maximum atomic E-state index is 14.6. The molecule has 0 unspecified atom stereocenters. The SMILES string of the molecule is CC(C)C(=O)Nc1cncc(-c2ccc3[nH]nc(-c4cc5c(-c6ccccc6F)cccc5[nH]4)c3c2)c1. The summed E-state index contributed by atoms with van der Waals surface area (Å²) in [6.45, 7) is 3.70. The van der Waals surface area contributed by atoms with Gasteiger partial charge in [-0.2, -0.15) is 5.10 Å². The van der Waals surface area contributed by atoms with Crippen LogP contribution in [0.25, 0.3) is 55.4 Å². The summed E-state index contributed by atoms with van der Waals surface area (Å²) < 4.78 is 14.6. The van der Waals surface area contributed by atoms with Gasteiger partial charge in [-0.05, 0) is 47.5 Å². The molecular formula is C30H24FN5O. The van der Waals surface area contributed by atoms with Crippen molar-refractivity contribution >= 4 is 33.4 Å². The van der Waals surface area contributed by atoms with Gasteiger partial charge < -0.3 is 10.3 Å². The van der Waals surface area contributed by atoms with E-state index in [0.717, 1.165) is 49.9 Å². The summed E-state index contributed by atoms with van der Waals surface area (Å²) in [4.78, 5) is 19.9. The standard InChI is InChI=1S/C30H24FN5O/c1-17(2)30(37)33-20-12-19(15-32-16-20)18-10-11-27-24(13-18)29(36-35-27)28-14-23-21(7-5-9-26(23)34-28)22-6-3-4-8-25(22)31/h3-17,34H,1-2H3,(H,33,37)(H,35,36). The fraction of sp³-hybridized carbons (Fsp3) is 0.100. The number of hydrogen-bond donors (Lipinski definition) is 3. The minimum Gasteiger partial charge on any atom is -0.353 e. The fourth-order valence-electron chi connectivity index (χ4n) is 4.55. The Hall–Kier alpha value is -4.78. The van der Waals surface area contributed by atoms with E-state index in [1.807, 2.05) is 62.4 Å². The van der Waals surface area contributed by atoms with Gasteiger partial charge in [-0.15, -0.1) is 0 Å². The molecule has 3 N–H and O–H groups in total. The summed E-state index contributed by atoms with van der Waals surface area (Å²) in [6, 6.07) is 22.6. The number of benzene rings is 3. The number of fused-ring (bicyclic) bond motifs is 2. The van der Waals surface area contributed by atoms with Crippen molar-refractivity contribution in [3.8, 4) is 33.6 Å². The first-order chi connectivity index (χ1) is 18.0. The van der Waals surface area contributed by atoms with Crippen LogP contribution in [0.15, 0.2) is 85.2 Å². The third-order valence-electron chi connectivity index (χ3n) is 6.51. The predicted molar refractivity (Wildman–Crippen MR) is 145 cm³/mol. The summed E-state index contributed by atoms with van der Waals surface area (Å²) in [6.07, 6.45) is 3.42. The Morgan fingerprint density at radius 3 is 2.54 bits per heavy atom. The van der Waals surface area contributed by atoms with E-state index >= 15 is 0 Å². The molecule has 7 heteroatoms. The average Bonchev–Trinajstić information content (AvgIpc) is 3.53. The molecule has 0 saturated heterocycles.